The predicted octanol–water partition coefficient (Wildman–Crippen LogP) is 3.23. The SMILES string of the molecule is CSc1nc2c(c(N3CC[C@@H](c4nn5ccc(Cl)c5c(=O)n4-c4ccccc4)C3)n1)C(=O)N(C)C2. The van der Waals surface area contributed by atoms with Crippen molar-refractivity contribution in [3.8, 4) is 5.69 Å². The van der Waals surface area contributed by atoms with E-state index in [0.717, 1.165) is 17.8 Å². The lowest BCUT2D eigenvalue weighted by atomic mass is 10.1. The van der Waals surface area contributed by atoms with Crippen LogP contribution in [0.1, 0.15) is 34.2 Å². The van der Waals surface area contributed by atoms with Gasteiger partial charge in [-0.15, -0.1) is 0 Å². The topological polar surface area (TPSA) is 88.6 Å². The van der Waals surface area contributed by atoms with Crippen molar-refractivity contribution in [1.82, 2.24) is 29.0 Å². The monoisotopic (exact) mass is 507 g/mol. The van der Waals surface area contributed by atoms with Gasteiger partial charge in [-0.3, -0.25) is 14.2 Å². The molecule has 35 heavy (non-hydrogen) atoms. The van der Waals surface area contributed by atoms with Gasteiger partial charge in [0.25, 0.3) is 11.5 Å². The highest BCUT2D eigenvalue weighted by molar-refractivity contribution is 7.98. The van der Waals surface area contributed by atoms with Crippen LogP contribution in [0.2, 0.25) is 5.02 Å². The summed E-state index contributed by atoms with van der Waals surface area (Å²) in [5.74, 6) is 1.21. The lowest BCUT2D eigenvalue weighted by molar-refractivity contribution is 0.0816. The van der Waals surface area contributed by atoms with Gasteiger partial charge in [0.15, 0.2) is 5.16 Å². The quantitative estimate of drug-likeness (QED) is 0.309. The van der Waals surface area contributed by atoms with Gasteiger partial charge in [0.1, 0.15) is 22.7 Å². The molecule has 4 aromatic rings. The number of anilines is 1. The molecule has 1 amide bonds. The number of thioether (sulfide) groups is 1. The van der Waals surface area contributed by atoms with Gasteiger partial charge in [-0.1, -0.05) is 41.6 Å². The molecule has 5 heterocycles. The number of benzene rings is 1. The number of rotatable bonds is 4. The molecule has 0 N–H and O–H groups in total. The minimum Gasteiger partial charge on any atom is -0.355 e. The van der Waals surface area contributed by atoms with Gasteiger partial charge >= 0.3 is 0 Å². The number of aromatic nitrogens is 5. The van der Waals surface area contributed by atoms with Crippen LogP contribution in [0.4, 0.5) is 5.82 Å². The lowest BCUT2D eigenvalue weighted by Crippen LogP contribution is -2.30. The zero-order valence-electron chi connectivity index (χ0n) is 19.2. The fourth-order valence-corrected chi connectivity index (χ4v) is 5.52. The van der Waals surface area contributed by atoms with Crippen molar-refractivity contribution >= 4 is 40.6 Å². The van der Waals surface area contributed by atoms with E-state index >= 15 is 0 Å². The third kappa shape index (κ3) is 3.51. The summed E-state index contributed by atoms with van der Waals surface area (Å²) in [5.41, 5.74) is 2.22. The maximum Gasteiger partial charge on any atom is 0.284 e. The highest BCUT2D eigenvalue weighted by Crippen LogP contribution is 2.36. The van der Waals surface area contributed by atoms with Crippen molar-refractivity contribution in [3.63, 3.8) is 0 Å². The van der Waals surface area contributed by atoms with Gasteiger partial charge in [-0.25, -0.2) is 14.5 Å². The summed E-state index contributed by atoms with van der Waals surface area (Å²) in [6, 6.07) is 11.2. The lowest BCUT2D eigenvalue weighted by Gasteiger charge is -2.21. The van der Waals surface area contributed by atoms with Crippen LogP contribution in [-0.4, -0.2) is 61.3 Å². The van der Waals surface area contributed by atoms with Crippen molar-refractivity contribution in [3.05, 3.63) is 75.1 Å². The number of hydrogen-bond donors (Lipinski definition) is 0. The van der Waals surface area contributed by atoms with Gasteiger partial charge in [0.2, 0.25) is 0 Å². The largest absolute Gasteiger partial charge is 0.355 e. The van der Waals surface area contributed by atoms with Gasteiger partial charge in [0, 0.05) is 32.3 Å². The Hall–Kier alpha value is -3.37. The molecule has 2 aliphatic rings. The van der Waals surface area contributed by atoms with E-state index in [-0.39, 0.29) is 17.4 Å². The second kappa shape index (κ2) is 8.39. The highest BCUT2D eigenvalue weighted by atomic mass is 35.5. The van der Waals surface area contributed by atoms with Crippen molar-refractivity contribution in [1.29, 1.82) is 0 Å². The minimum absolute atomic E-state index is 0.0499. The van der Waals surface area contributed by atoms with Crippen molar-refractivity contribution in [2.75, 3.05) is 31.3 Å². The van der Waals surface area contributed by atoms with Gasteiger partial charge in [0.05, 0.1) is 22.9 Å². The van der Waals surface area contributed by atoms with E-state index in [1.807, 2.05) is 36.6 Å². The summed E-state index contributed by atoms with van der Waals surface area (Å²) in [7, 11) is 1.78. The molecule has 1 aromatic carbocycles. The normalized spacial score (nSPS) is 17.6. The molecule has 1 saturated heterocycles. The van der Waals surface area contributed by atoms with E-state index in [4.69, 9.17) is 21.7 Å². The zero-order valence-corrected chi connectivity index (χ0v) is 20.8. The summed E-state index contributed by atoms with van der Waals surface area (Å²) in [6.45, 7) is 1.75. The third-order valence-corrected chi connectivity index (χ3v) is 7.46. The second-order valence-electron chi connectivity index (χ2n) is 8.74. The number of amides is 1. The van der Waals surface area contributed by atoms with E-state index in [0.29, 0.717) is 52.5 Å². The molecule has 0 saturated carbocycles. The number of hydrogen-bond acceptors (Lipinski definition) is 7. The van der Waals surface area contributed by atoms with Crippen LogP contribution >= 0.6 is 23.4 Å². The smallest absolute Gasteiger partial charge is 0.284 e. The minimum atomic E-state index is -0.209. The van der Waals surface area contributed by atoms with E-state index in [2.05, 4.69) is 9.88 Å². The molecule has 1 fully saturated rings. The first kappa shape index (κ1) is 22.1. The second-order valence-corrected chi connectivity index (χ2v) is 9.92. The average molecular weight is 508 g/mol. The van der Waals surface area contributed by atoms with Crippen LogP contribution in [0.15, 0.2) is 52.5 Å². The van der Waals surface area contributed by atoms with Gasteiger partial charge in [-0.2, -0.15) is 5.10 Å². The number of halogens is 1. The van der Waals surface area contributed by atoms with Crippen molar-refractivity contribution in [2.45, 2.75) is 24.0 Å². The molecule has 2 aliphatic heterocycles. The first-order valence-corrected chi connectivity index (χ1v) is 12.9. The zero-order chi connectivity index (χ0) is 24.3. The van der Waals surface area contributed by atoms with Crippen molar-refractivity contribution < 1.29 is 4.79 Å². The Kier molecular flexibility index (Phi) is 5.30. The number of carbonyl (C=O) groups is 1. The number of fused-ring (bicyclic) bond motifs is 2. The van der Waals surface area contributed by atoms with Gasteiger partial charge in [-0.05, 0) is 30.9 Å². The first-order valence-electron chi connectivity index (χ1n) is 11.3. The predicted molar refractivity (Wildman–Crippen MR) is 135 cm³/mol. The number of nitrogens with zero attached hydrogens (tertiary/aromatic N) is 7. The molecule has 178 valence electrons. The van der Waals surface area contributed by atoms with E-state index in [1.165, 1.54) is 11.8 Å². The molecule has 11 heteroatoms. The molecule has 0 bridgehead atoms. The molecule has 6 rings (SSSR count). The van der Waals surface area contributed by atoms with Crippen LogP contribution in [0.25, 0.3) is 11.2 Å². The van der Waals surface area contributed by atoms with Crippen LogP contribution in [-0.2, 0) is 6.54 Å². The summed E-state index contributed by atoms with van der Waals surface area (Å²) in [4.78, 5) is 39.6. The van der Waals surface area contributed by atoms with Crippen LogP contribution < -0.4 is 10.5 Å². The third-order valence-electron chi connectivity index (χ3n) is 6.60. The maximum absolute atomic E-state index is 13.6. The Morgan fingerprint density at radius 1 is 1.11 bits per heavy atom. The molecular formula is C24H22ClN7O2S. The van der Waals surface area contributed by atoms with E-state index in [1.54, 1.807) is 33.3 Å². The molecule has 0 aliphatic carbocycles. The molecule has 0 spiro atoms. The standard InChI is InChI=1S/C24H22ClN7O2S/c1-29-13-17-18(22(29)33)21(27-24(26-17)35-2)30-10-8-14(12-30)20-28-31-11-9-16(25)19(31)23(34)32(20)15-6-4-3-5-7-15/h3-7,9,11,14H,8,10,12-13H2,1-2H3/t14-/m1/s1. The van der Waals surface area contributed by atoms with E-state index in [9.17, 15) is 9.59 Å². The number of para-hydroxylation sites is 1. The fourth-order valence-electron chi connectivity index (χ4n) is 4.91. The molecule has 3 aromatic heterocycles. The summed E-state index contributed by atoms with van der Waals surface area (Å²) < 4.78 is 3.22. The molecule has 0 unspecified atom stereocenters. The van der Waals surface area contributed by atoms with E-state index < -0.39 is 0 Å². The average Bonchev–Trinajstić information content (AvgIpc) is 3.57. The summed E-state index contributed by atoms with van der Waals surface area (Å²) in [5, 5.41) is 5.85. The highest BCUT2D eigenvalue weighted by Gasteiger charge is 2.37. The number of carbonyl (C=O) groups excluding carboxylic acids is 1. The maximum atomic E-state index is 13.6. The summed E-state index contributed by atoms with van der Waals surface area (Å²) >= 11 is 7.79. The Morgan fingerprint density at radius 2 is 1.91 bits per heavy atom. The molecular weight excluding hydrogens is 486 g/mol. The Labute approximate surface area is 210 Å². The Bertz CT molecular complexity index is 1530. The summed E-state index contributed by atoms with van der Waals surface area (Å²) in [6.07, 6.45) is 4.40. The van der Waals surface area contributed by atoms with Gasteiger partial charge < -0.3 is 9.80 Å². The first-order chi connectivity index (χ1) is 17.0. The Morgan fingerprint density at radius 3 is 2.69 bits per heavy atom. The molecule has 1 atom stereocenters. The Balaban J connectivity index is 1.45. The fraction of sp³-hybridized carbons (Fsp3) is 0.292. The van der Waals surface area contributed by atoms with Crippen molar-refractivity contribution in [2.24, 2.45) is 0 Å². The van der Waals surface area contributed by atoms with Crippen LogP contribution in [0.3, 0.4) is 0 Å². The molecule has 0 radical (unpaired) electrons. The molecule has 9 nitrogen and oxygen atoms in total. The van der Waals surface area contributed by atoms with Crippen LogP contribution in [0, 0.1) is 0 Å². The van der Waals surface area contributed by atoms with Crippen LogP contribution in [0.5, 0.6) is 0 Å².